The van der Waals surface area contributed by atoms with Crippen LogP contribution in [0.1, 0.15) is 18.1 Å². The fraction of sp³-hybridized carbons (Fsp3) is 0.261. The third-order valence-electron chi connectivity index (χ3n) is 5.21. The quantitative estimate of drug-likeness (QED) is 0.415. The van der Waals surface area contributed by atoms with Gasteiger partial charge < -0.3 is 4.42 Å². The minimum atomic E-state index is -1.51. The van der Waals surface area contributed by atoms with Crippen LogP contribution in [-0.2, 0) is 6.42 Å². The van der Waals surface area contributed by atoms with Gasteiger partial charge in [-0.1, -0.05) is 50.8 Å². The van der Waals surface area contributed by atoms with Gasteiger partial charge in [0.2, 0.25) is 0 Å². The molecule has 0 atom stereocenters. The zero-order chi connectivity index (χ0) is 18.5. The van der Waals surface area contributed by atoms with E-state index in [1.807, 2.05) is 12.3 Å². The Morgan fingerprint density at radius 3 is 2.54 bits per heavy atom. The Kier molecular flexibility index (Phi) is 4.00. The van der Waals surface area contributed by atoms with Gasteiger partial charge in [0.1, 0.15) is 11.2 Å². The Morgan fingerprint density at radius 1 is 1.04 bits per heavy atom. The van der Waals surface area contributed by atoms with Crippen LogP contribution in [0.2, 0.25) is 19.6 Å². The summed E-state index contributed by atoms with van der Waals surface area (Å²) in [6.07, 6.45) is 2.99. The van der Waals surface area contributed by atoms with E-state index >= 15 is 0 Å². The first kappa shape index (κ1) is 17.0. The lowest BCUT2D eigenvalue weighted by molar-refractivity contribution is 0.670. The van der Waals surface area contributed by atoms with Gasteiger partial charge in [0.15, 0.2) is 0 Å². The Morgan fingerprint density at radius 2 is 1.81 bits per heavy atom. The molecule has 4 aromatic rings. The summed E-state index contributed by atoms with van der Waals surface area (Å²) in [5.74, 6) is 0. The van der Waals surface area contributed by atoms with E-state index in [1.54, 1.807) is 0 Å². The van der Waals surface area contributed by atoms with E-state index < -0.39 is 8.07 Å². The molecule has 0 radical (unpaired) electrons. The summed E-state index contributed by atoms with van der Waals surface area (Å²) in [4.78, 5) is 4.72. The molecule has 2 nitrogen and oxygen atoms in total. The number of aryl methyl sites for hydroxylation is 2. The van der Waals surface area contributed by atoms with Crippen molar-refractivity contribution in [1.82, 2.24) is 4.98 Å². The summed E-state index contributed by atoms with van der Waals surface area (Å²) in [6.45, 7) is 11.5. The molecular formula is C23H25NOSi. The molecule has 0 amide bonds. The second kappa shape index (κ2) is 6.10. The molecule has 0 unspecified atom stereocenters. The number of nitrogens with zero attached hydrogens (tertiary/aromatic N) is 1. The van der Waals surface area contributed by atoms with Crippen molar-refractivity contribution in [2.24, 2.45) is 0 Å². The lowest BCUT2D eigenvalue weighted by Gasteiger charge is -2.19. The highest BCUT2D eigenvalue weighted by Gasteiger charge is 2.24. The molecular weight excluding hydrogens is 334 g/mol. The molecule has 0 fully saturated rings. The Bertz CT molecular complexity index is 1120. The van der Waals surface area contributed by atoms with Gasteiger partial charge in [0.05, 0.1) is 13.8 Å². The molecule has 2 aromatic carbocycles. The molecule has 0 aliphatic rings. The normalized spacial score (nSPS) is 12.2. The van der Waals surface area contributed by atoms with Gasteiger partial charge in [-0.15, -0.1) is 0 Å². The zero-order valence-corrected chi connectivity index (χ0v) is 17.2. The second-order valence-electron chi connectivity index (χ2n) is 8.06. The molecule has 0 spiro atoms. The summed E-state index contributed by atoms with van der Waals surface area (Å²) in [5.41, 5.74) is 6.61. The second-order valence-corrected chi connectivity index (χ2v) is 13.1. The SMILES string of the molecule is CCc1cc(-c2ccc([Si](C)(C)C)c3c2oc2ccccc23)ncc1C. The number of fused-ring (bicyclic) bond motifs is 3. The van der Waals surface area contributed by atoms with E-state index in [2.05, 4.69) is 69.9 Å². The highest BCUT2D eigenvalue weighted by Crippen LogP contribution is 2.35. The maximum absolute atomic E-state index is 6.36. The van der Waals surface area contributed by atoms with Crippen molar-refractivity contribution in [3.8, 4) is 11.3 Å². The molecule has 132 valence electrons. The first-order chi connectivity index (χ1) is 12.4. The van der Waals surface area contributed by atoms with Crippen molar-refractivity contribution in [3.05, 3.63) is 59.8 Å². The van der Waals surface area contributed by atoms with E-state index in [9.17, 15) is 0 Å². The summed E-state index contributed by atoms with van der Waals surface area (Å²) < 4.78 is 6.36. The van der Waals surface area contributed by atoms with Gasteiger partial charge in [-0.05, 0) is 47.9 Å². The van der Waals surface area contributed by atoms with Crippen LogP contribution < -0.4 is 5.19 Å². The molecule has 0 bridgehead atoms. The number of hydrogen-bond acceptors (Lipinski definition) is 2. The van der Waals surface area contributed by atoms with Crippen LogP contribution in [0.5, 0.6) is 0 Å². The van der Waals surface area contributed by atoms with Gasteiger partial charge in [-0.25, -0.2) is 0 Å². The van der Waals surface area contributed by atoms with E-state index in [-0.39, 0.29) is 0 Å². The van der Waals surface area contributed by atoms with E-state index in [0.717, 1.165) is 28.8 Å². The fourth-order valence-corrected chi connectivity index (χ4v) is 5.33. The van der Waals surface area contributed by atoms with E-state index in [0.29, 0.717) is 0 Å². The summed E-state index contributed by atoms with van der Waals surface area (Å²) in [6, 6.07) is 15.1. The van der Waals surface area contributed by atoms with Crippen LogP contribution in [0.15, 0.2) is 53.1 Å². The first-order valence-corrected chi connectivity index (χ1v) is 12.8. The molecule has 0 aliphatic carbocycles. The predicted octanol–water partition coefficient (Wildman–Crippen LogP) is 6.06. The Hall–Kier alpha value is -2.39. The molecule has 0 saturated carbocycles. The minimum Gasteiger partial charge on any atom is -0.455 e. The molecule has 0 aliphatic heterocycles. The molecule has 3 heteroatoms. The van der Waals surface area contributed by atoms with Gasteiger partial charge in [-0.2, -0.15) is 0 Å². The van der Waals surface area contributed by atoms with Gasteiger partial charge >= 0.3 is 0 Å². The van der Waals surface area contributed by atoms with Crippen molar-refractivity contribution in [2.45, 2.75) is 39.9 Å². The van der Waals surface area contributed by atoms with Crippen LogP contribution in [0.25, 0.3) is 33.2 Å². The number of aromatic nitrogens is 1. The summed E-state index contributed by atoms with van der Waals surface area (Å²) in [7, 11) is -1.51. The molecule has 4 rings (SSSR count). The molecule has 26 heavy (non-hydrogen) atoms. The van der Waals surface area contributed by atoms with Crippen molar-refractivity contribution in [2.75, 3.05) is 0 Å². The van der Waals surface area contributed by atoms with Crippen molar-refractivity contribution >= 4 is 35.2 Å². The number of rotatable bonds is 3. The zero-order valence-electron chi connectivity index (χ0n) is 16.2. The van der Waals surface area contributed by atoms with Crippen LogP contribution >= 0.6 is 0 Å². The minimum absolute atomic E-state index is 0.956. The molecule has 0 saturated heterocycles. The Balaban J connectivity index is 2.09. The number of furan rings is 1. The number of benzene rings is 2. The average Bonchev–Trinajstić information content (AvgIpc) is 3.00. The summed E-state index contributed by atoms with van der Waals surface area (Å²) in [5, 5.41) is 3.94. The van der Waals surface area contributed by atoms with Crippen LogP contribution in [0.3, 0.4) is 0 Å². The maximum atomic E-state index is 6.36. The number of pyridine rings is 1. The van der Waals surface area contributed by atoms with E-state index in [1.165, 1.54) is 27.1 Å². The monoisotopic (exact) mass is 359 g/mol. The molecule has 0 N–H and O–H groups in total. The topological polar surface area (TPSA) is 26.0 Å². The third kappa shape index (κ3) is 2.67. The summed E-state index contributed by atoms with van der Waals surface area (Å²) >= 11 is 0. The molecule has 2 aromatic heterocycles. The Labute approximate surface area is 155 Å². The fourth-order valence-electron chi connectivity index (χ4n) is 3.75. The highest BCUT2D eigenvalue weighted by molar-refractivity contribution is 6.90. The van der Waals surface area contributed by atoms with Crippen molar-refractivity contribution in [1.29, 1.82) is 0 Å². The van der Waals surface area contributed by atoms with Crippen LogP contribution in [-0.4, -0.2) is 13.1 Å². The van der Waals surface area contributed by atoms with Gasteiger partial charge in [0, 0.05) is 22.5 Å². The van der Waals surface area contributed by atoms with E-state index in [4.69, 9.17) is 9.40 Å². The largest absolute Gasteiger partial charge is 0.455 e. The third-order valence-corrected chi connectivity index (χ3v) is 7.24. The van der Waals surface area contributed by atoms with Crippen molar-refractivity contribution in [3.63, 3.8) is 0 Å². The highest BCUT2D eigenvalue weighted by atomic mass is 28.3. The van der Waals surface area contributed by atoms with Crippen LogP contribution in [0.4, 0.5) is 0 Å². The lowest BCUT2D eigenvalue weighted by atomic mass is 10.0. The lowest BCUT2D eigenvalue weighted by Crippen LogP contribution is -2.37. The number of para-hydroxylation sites is 1. The standard InChI is InChI=1S/C23H25NOSi/c1-6-16-13-19(24-14-15(16)2)17-11-12-21(26(3,4)5)22-18-9-7-8-10-20(18)25-23(17)22/h7-14H,6H2,1-5H3. The van der Waals surface area contributed by atoms with Crippen LogP contribution in [0, 0.1) is 6.92 Å². The first-order valence-electron chi connectivity index (χ1n) is 9.30. The van der Waals surface area contributed by atoms with Gasteiger partial charge in [0.25, 0.3) is 0 Å². The predicted molar refractivity (Wildman–Crippen MR) is 114 cm³/mol. The van der Waals surface area contributed by atoms with Crippen molar-refractivity contribution < 1.29 is 4.42 Å². The van der Waals surface area contributed by atoms with Gasteiger partial charge in [-0.3, -0.25) is 4.98 Å². The smallest absolute Gasteiger partial charge is 0.144 e. The number of hydrogen-bond donors (Lipinski definition) is 0. The average molecular weight is 360 g/mol. The molecule has 2 heterocycles. The maximum Gasteiger partial charge on any atom is 0.144 e.